The average Bonchev–Trinajstić information content (AvgIpc) is 2.61. The van der Waals surface area contributed by atoms with Gasteiger partial charge in [0.25, 0.3) is 0 Å². The maximum Gasteiger partial charge on any atom is 0.0837 e. The van der Waals surface area contributed by atoms with E-state index in [1.807, 2.05) is 0 Å². The van der Waals surface area contributed by atoms with Crippen LogP contribution in [0, 0.1) is 0 Å². The summed E-state index contributed by atoms with van der Waals surface area (Å²) in [5, 5.41) is 9.10. The van der Waals surface area contributed by atoms with Crippen molar-refractivity contribution in [3.05, 3.63) is 16.9 Å². The zero-order valence-electron chi connectivity index (χ0n) is 12.4. The molecule has 0 aliphatic carbocycles. The van der Waals surface area contributed by atoms with Crippen LogP contribution < -0.4 is 5.32 Å². The number of nitrogens with zero attached hydrogens (tertiary/aromatic N) is 2. The molecule has 1 aliphatic heterocycles. The number of hydrogen-bond donors (Lipinski definition) is 1. The third kappa shape index (κ3) is 2.97. The first-order valence-electron chi connectivity index (χ1n) is 7.59. The maximum atomic E-state index is 6.48. The first-order chi connectivity index (χ1) is 9.10. The fraction of sp³-hybridized carbons (Fsp3) is 0.800. The predicted octanol–water partition coefficient (Wildman–Crippen LogP) is 4.28. The average molecular weight is 284 g/mol. The summed E-state index contributed by atoms with van der Waals surface area (Å²) in [6, 6.07) is 0.348. The summed E-state index contributed by atoms with van der Waals surface area (Å²) in [5.41, 5.74) is 1.22. The summed E-state index contributed by atoms with van der Waals surface area (Å²) in [6.45, 7) is 7.67. The molecule has 0 bridgehead atoms. The van der Waals surface area contributed by atoms with E-state index in [0.29, 0.717) is 6.04 Å². The van der Waals surface area contributed by atoms with Crippen LogP contribution in [0.15, 0.2) is 6.20 Å². The van der Waals surface area contributed by atoms with Crippen LogP contribution in [-0.4, -0.2) is 16.3 Å². The lowest BCUT2D eigenvalue weighted by molar-refractivity contribution is 0.268. The summed E-state index contributed by atoms with van der Waals surface area (Å²) in [6.07, 6.45) is 9.11. The molecule has 4 heteroatoms. The Morgan fingerprint density at radius 1 is 1.42 bits per heavy atom. The Morgan fingerprint density at radius 3 is 2.89 bits per heavy atom. The fourth-order valence-electron chi connectivity index (χ4n) is 3.29. The van der Waals surface area contributed by atoms with E-state index < -0.39 is 0 Å². The molecular weight excluding hydrogens is 258 g/mol. The van der Waals surface area contributed by atoms with Gasteiger partial charge in [-0.1, -0.05) is 37.8 Å². The first-order valence-corrected chi connectivity index (χ1v) is 7.97. The molecule has 2 heterocycles. The highest BCUT2D eigenvalue weighted by molar-refractivity contribution is 6.31. The van der Waals surface area contributed by atoms with Gasteiger partial charge in [-0.25, -0.2) is 0 Å². The lowest BCUT2D eigenvalue weighted by Crippen LogP contribution is -2.44. The lowest BCUT2D eigenvalue weighted by Gasteiger charge is -2.35. The van der Waals surface area contributed by atoms with Gasteiger partial charge in [0.15, 0.2) is 0 Å². The maximum absolute atomic E-state index is 6.48. The van der Waals surface area contributed by atoms with Crippen molar-refractivity contribution < 1.29 is 0 Å². The second-order valence-corrected chi connectivity index (χ2v) is 6.36. The number of hydrogen-bond acceptors (Lipinski definition) is 2. The van der Waals surface area contributed by atoms with Crippen molar-refractivity contribution in [2.24, 2.45) is 0 Å². The van der Waals surface area contributed by atoms with Gasteiger partial charge >= 0.3 is 0 Å². The molecule has 1 aromatic rings. The molecule has 0 amide bonds. The number of nitrogens with one attached hydrogen (secondary N) is 1. The highest BCUT2D eigenvalue weighted by Crippen LogP contribution is 2.38. The largest absolute Gasteiger partial charge is 0.306 e. The van der Waals surface area contributed by atoms with Crippen LogP contribution in [0.2, 0.25) is 5.02 Å². The van der Waals surface area contributed by atoms with E-state index in [0.717, 1.165) is 24.4 Å². The third-order valence-electron chi connectivity index (χ3n) is 4.11. The van der Waals surface area contributed by atoms with Crippen molar-refractivity contribution in [1.29, 1.82) is 0 Å². The van der Waals surface area contributed by atoms with Crippen LogP contribution >= 0.6 is 11.6 Å². The van der Waals surface area contributed by atoms with Gasteiger partial charge in [0, 0.05) is 6.04 Å². The van der Waals surface area contributed by atoms with E-state index in [4.69, 9.17) is 11.6 Å². The standard InChI is InChI=1S/C15H26ClN3/c1-4-8-15(9-6-5-7-10-17-15)14-13(16)11-18-19(14)12(2)3/h11-12,17H,4-10H2,1-3H3. The Hall–Kier alpha value is -0.540. The fourth-order valence-corrected chi connectivity index (χ4v) is 3.60. The Kier molecular flexibility index (Phi) is 4.91. The Balaban J connectivity index is 2.45. The molecule has 1 unspecified atom stereocenters. The highest BCUT2D eigenvalue weighted by Gasteiger charge is 2.37. The van der Waals surface area contributed by atoms with E-state index >= 15 is 0 Å². The van der Waals surface area contributed by atoms with E-state index in [-0.39, 0.29) is 5.54 Å². The monoisotopic (exact) mass is 283 g/mol. The molecule has 1 aromatic heterocycles. The summed E-state index contributed by atoms with van der Waals surface area (Å²) in [4.78, 5) is 0. The predicted molar refractivity (Wildman–Crippen MR) is 80.7 cm³/mol. The van der Waals surface area contributed by atoms with Crippen LogP contribution in [0.3, 0.4) is 0 Å². The van der Waals surface area contributed by atoms with Crippen molar-refractivity contribution in [2.75, 3.05) is 6.54 Å². The lowest BCUT2D eigenvalue weighted by atomic mass is 9.85. The first kappa shape index (κ1) is 14.9. The molecule has 0 aromatic carbocycles. The Morgan fingerprint density at radius 2 is 2.21 bits per heavy atom. The van der Waals surface area contributed by atoms with E-state index in [1.165, 1.54) is 31.4 Å². The molecule has 0 radical (unpaired) electrons. The van der Waals surface area contributed by atoms with Crippen LogP contribution in [0.5, 0.6) is 0 Å². The molecule has 0 saturated carbocycles. The van der Waals surface area contributed by atoms with Crippen LogP contribution in [0.25, 0.3) is 0 Å². The summed E-state index contributed by atoms with van der Waals surface area (Å²) in [5.74, 6) is 0. The van der Waals surface area contributed by atoms with Gasteiger partial charge in [0.1, 0.15) is 0 Å². The van der Waals surface area contributed by atoms with Crippen molar-refractivity contribution in [3.63, 3.8) is 0 Å². The van der Waals surface area contributed by atoms with Crippen LogP contribution in [0.4, 0.5) is 0 Å². The van der Waals surface area contributed by atoms with Crippen molar-refractivity contribution in [1.82, 2.24) is 15.1 Å². The summed E-state index contributed by atoms with van der Waals surface area (Å²) in [7, 11) is 0. The number of rotatable bonds is 4. The molecule has 1 atom stereocenters. The molecule has 3 nitrogen and oxygen atoms in total. The molecule has 1 fully saturated rings. The second-order valence-electron chi connectivity index (χ2n) is 5.95. The molecule has 1 saturated heterocycles. The van der Waals surface area contributed by atoms with Gasteiger partial charge in [-0.15, -0.1) is 0 Å². The molecule has 1 N–H and O–H groups in total. The SMILES string of the molecule is CCCC1(c2c(Cl)cnn2C(C)C)CCCCCN1. The smallest absolute Gasteiger partial charge is 0.0837 e. The normalized spacial score (nSPS) is 24.7. The minimum atomic E-state index is 0.0170. The van der Waals surface area contributed by atoms with E-state index in [2.05, 4.69) is 35.9 Å². The van der Waals surface area contributed by atoms with E-state index in [9.17, 15) is 0 Å². The zero-order chi connectivity index (χ0) is 13.9. The van der Waals surface area contributed by atoms with Crippen LogP contribution in [-0.2, 0) is 5.54 Å². The quantitative estimate of drug-likeness (QED) is 0.894. The topological polar surface area (TPSA) is 29.9 Å². The second kappa shape index (κ2) is 6.27. The van der Waals surface area contributed by atoms with E-state index in [1.54, 1.807) is 6.20 Å². The van der Waals surface area contributed by atoms with Gasteiger partial charge in [-0.2, -0.15) is 5.10 Å². The van der Waals surface area contributed by atoms with Crippen molar-refractivity contribution in [3.8, 4) is 0 Å². The highest BCUT2D eigenvalue weighted by atomic mass is 35.5. The van der Waals surface area contributed by atoms with Gasteiger partial charge in [0.2, 0.25) is 0 Å². The summed E-state index contributed by atoms with van der Waals surface area (Å²) >= 11 is 6.48. The number of halogens is 1. The summed E-state index contributed by atoms with van der Waals surface area (Å²) < 4.78 is 2.11. The minimum Gasteiger partial charge on any atom is -0.306 e. The Bertz CT molecular complexity index is 404. The van der Waals surface area contributed by atoms with Gasteiger partial charge in [0.05, 0.1) is 22.5 Å². The molecule has 1 aliphatic rings. The zero-order valence-corrected chi connectivity index (χ0v) is 13.1. The van der Waals surface area contributed by atoms with Crippen molar-refractivity contribution >= 4 is 11.6 Å². The van der Waals surface area contributed by atoms with Gasteiger partial charge < -0.3 is 5.32 Å². The molecular formula is C15H26ClN3. The van der Waals surface area contributed by atoms with Crippen molar-refractivity contribution in [2.45, 2.75) is 70.9 Å². The third-order valence-corrected chi connectivity index (χ3v) is 4.39. The number of aromatic nitrogens is 2. The molecule has 108 valence electrons. The molecule has 19 heavy (non-hydrogen) atoms. The molecule has 2 rings (SSSR count). The van der Waals surface area contributed by atoms with Gasteiger partial charge in [-0.05, 0) is 39.7 Å². The Labute approximate surface area is 121 Å². The minimum absolute atomic E-state index is 0.0170. The van der Waals surface area contributed by atoms with Gasteiger partial charge in [-0.3, -0.25) is 4.68 Å². The molecule has 0 spiro atoms. The van der Waals surface area contributed by atoms with Crippen LogP contribution in [0.1, 0.15) is 71.0 Å².